The van der Waals surface area contributed by atoms with Crippen LogP contribution in [0.4, 0.5) is 43.9 Å². The van der Waals surface area contributed by atoms with E-state index >= 15 is 0 Å². The normalized spacial score (nSPS) is 18.8. The van der Waals surface area contributed by atoms with Crippen LogP contribution in [0.25, 0.3) is 0 Å². The Bertz CT molecular complexity index is 3630. The van der Waals surface area contributed by atoms with Crippen LogP contribution >= 0.6 is 0 Å². The summed E-state index contributed by atoms with van der Waals surface area (Å²) < 4.78 is 156. The molecule has 6 aliphatic rings. The van der Waals surface area contributed by atoms with Crippen molar-refractivity contribution in [2.45, 2.75) is 140 Å². The van der Waals surface area contributed by atoms with Crippen molar-refractivity contribution in [1.82, 2.24) is 43.5 Å². The Hall–Kier alpha value is -7.51. The van der Waals surface area contributed by atoms with E-state index in [0.29, 0.717) is 150 Å². The predicted molar refractivity (Wildman–Crippen MR) is 326 cm³/mol. The monoisotopic (exact) mass is 1300 g/mol. The number of piperidine rings is 3. The minimum Gasteiger partial charge on any atom is -0.497 e. The molecule has 92 heavy (non-hydrogen) atoms. The Morgan fingerprint density at radius 2 is 0.913 bits per heavy atom. The Kier molecular flexibility index (Phi) is 19.1. The number of aryl methyl sites for hydroxylation is 1. The highest BCUT2D eigenvalue weighted by Gasteiger charge is 2.50. The van der Waals surface area contributed by atoms with E-state index in [1.807, 2.05) is 65.7 Å². The Labute approximate surface area is 530 Å². The van der Waals surface area contributed by atoms with Crippen LogP contribution in [0.1, 0.15) is 138 Å². The zero-order chi connectivity index (χ0) is 66.5. The van der Waals surface area contributed by atoms with Crippen molar-refractivity contribution in [2.75, 3.05) is 80.1 Å². The smallest absolute Gasteiger partial charge is 0.431 e. The molecule has 3 spiro atoms. The van der Waals surface area contributed by atoms with E-state index in [1.54, 1.807) is 71.5 Å². The molecule has 6 aliphatic heterocycles. The van der Waals surface area contributed by atoms with Crippen LogP contribution in [0.3, 0.4) is 0 Å². The number of carbonyl (C=O) groups excluding carboxylic acids is 3. The standard InChI is InChI=1S/C24H30F3N3O2.C23H27F4N3O2.C20H22F3N3O2.H2/c1-16(2)32-19-6-5-18(15-17(19)3)22(31)29-11-9-23(10-12-29)20-7-8-21(24(25,26)27)30(20)14-13-28(23)4;1-15(2)32-16-4-5-17(18(24)14-16)21(31)29-10-8-22(9-11-29)19-6-7-20(23(25,26)27)30(19)13-12-28(22)3;1-28-15-4-2-14(3-5-15)18(27)25-11-8-19(9-12-25)16-6-7-17(20(21,22)23)26(16)13-10-24-19;/h5-8,15-16H,9-14H2,1-4H3;4-7,14-15H,8-13H2,1-3H3;2-7,24H,8-13H2,1H3;1H. The number of carbonyl (C=O) groups is 3. The first kappa shape index (κ1) is 67.4. The molecule has 1 N–H and O–H groups in total. The van der Waals surface area contributed by atoms with Gasteiger partial charge in [-0.15, -0.1) is 0 Å². The largest absolute Gasteiger partial charge is 0.497 e. The lowest BCUT2D eigenvalue weighted by molar-refractivity contribution is -0.145. The van der Waals surface area contributed by atoms with Gasteiger partial charge in [-0.2, -0.15) is 39.5 Å². The predicted octanol–water partition coefficient (Wildman–Crippen LogP) is 12.7. The number of aromatic nitrogens is 3. The first-order valence-electron chi connectivity index (χ1n) is 31.1. The Morgan fingerprint density at radius 1 is 0.489 bits per heavy atom. The van der Waals surface area contributed by atoms with Gasteiger partial charge in [0.05, 0.1) is 41.5 Å². The molecule has 0 radical (unpaired) electrons. The molecule has 0 atom stereocenters. The van der Waals surface area contributed by atoms with Crippen LogP contribution in [0.2, 0.25) is 0 Å². The number of rotatable bonds is 8. The number of methoxy groups -OCH3 is 1. The van der Waals surface area contributed by atoms with Gasteiger partial charge in [0.15, 0.2) is 0 Å². The zero-order valence-electron chi connectivity index (χ0n) is 52.9. The van der Waals surface area contributed by atoms with Crippen molar-refractivity contribution < 1.29 is 73.9 Å². The lowest BCUT2D eigenvalue weighted by Gasteiger charge is -2.50. The SMILES string of the molecule is CC(C)Oc1ccc(C(=O)N2CCC3(CC2)c2ccc(C(F)(F)F)n2CCN3C)c(F)c1.COc1ccc(C(=O)N2CCC3(CC2)NCCn2c(C(F)(F)F)ccc23)cc1.Cc1cc(C(=O)N2CCC3(CC2)c2ccc(C(F)(F)F)n2CCN3C)ccc1OC(C)C.[HH]. The summed E-state index contributed by atoms with van der Waals surface area (Å²) in [6.07, 6.45) is -9.87. The van der Waals surface area contributed by atoms with E-state index < -0.39 is 64.0 Å². The van der Waals surface area contributed by atoms with Gasteiger partial charge in [-0.05, 0) is 184 Å². The molecular formula is C67H81F10N9O6. The fraction of sp³-hybridized carbons (Fsp3) is 0.507. The van der Waals surface area contributed by atoms with Crippen LogP contribution < -0.4 is 19.5 Å². The van der Waals surface area contributed by atoms with Crippen molar-refractivity contribution in [2.24, 2.45) is 0 Å². The molecule has 3 aromatic heterocycles. The maximum absolute atomic E-state index is 14.6. The molecule has 9 heterocycles. The highest BCUT2D eigenvalue weighted by atomic mass is 19.4. The average Bonchev–Trinajstić information content (AvgIpc) is 1.71. The second-order valence-corrected chi connectivity index (χ2v) is 25.2. The third-order valence-electron chi connectivity index (χ3n) is 19.2. The zero-order valence-corrected chi connectivity index (χ0v) is 52.9. The molecule has 12 rings (SSSR count). The van der Waals surface area contributed by atoms with Gasteiger partial charge in [0.1, 0.15) is 40.1 Å². The summed E-state index contributed by atoms with van der Waals surface area (Å²) in [5.41, 5.74) is 0.673. The number of likely N-dealkylation sites (tertiary alicyclic amines) is 3. The number of nitrogens with one attached hydrogen (secondary N) is 1. The quantitative estimate of drug-likeness (QED) is 0.148. The van der Waals surface area contributed by atoms with Crippen LogP contribution in [0, 0.1) is 12.7 Å². The van der Waals surface area contributed by atoms with E-state index in [9.17, 15) is 58.3 Å². The molecule has 3 fully saturated rings. The van der Waals surface area contributed by atoms with Gasteiger partial charge in [0, 0.05) is 114 Å². The topological polar surface area (TPSA) is 122 Å². The van der Waals surface area contributed by atoms with E-state index in [-0.39, 0.29) is 37.6 Å². The van der Waals surface area contributed by atoms with Crippen molar-refractivity contribution in [1.29, 1.82) is 0 Å². The molecule has 25 heteroatoms. The van der Waals surface area contributed by atoms with Crippen LogP contribution in [-0.4, -0.2) is 148 Å². The number of hydrogen-bond donors (Lipinski definition) is 1. The van der Waals surface area contributed by atoms with Crippen LogP contribution in [0.15, 0.2) is 97.1 Å². The van der Waals surface area contributed by atoms with E-state index in [0.717, 1.165) is 17.4 Å². The first-order chi connectivity index (χ1) is 43.4. The summed E-state index contributed by atoms with van der Waals surface area (Å²) in [5, 5.41) is 3.43. The number of amides is 3. The molecule has 0 unspecified atom stereocenters. The van der Waals surface area contributed by atoms with Crippen molar-refractivity contribution in [3.05, 3.63) is 159 Å². The van der Waals surface area contributed by atoms with E-state index in [1.165, 1.54) is 38.0 Å². The lowest BCUT2D eigenvalue weighted by atomic mass is 9.81. The number of alkyl halides is 9. The first-order valence-corrected chi connectivity index (χ1v) is 31.1. The average molecular weight is 1300 g/mol. The minimum atomic E-state index is -4.41. The summed E-state index contributed by atoms with van der Waals surface area (Å²) >= 11 is 0. The fourth-order valence-electron chi connectivity index (χ4n) is 14.3. The van der Waals surface area contributed by atoms with Crippen LogP contribution in [0.5, 0.6) is 17.2 Å². The molecule has 3 saturated heterocycles. The fourth-order valence-corrected chi connectivity index (χ4v) is 14.3. The number of likely N-dealkylation sites (N-methyl/N-ethyl adjacent to an activating group) is 2. The van der Waals surface area contributed by atoms with Gasteiger partial charge in [0.2, 0.25) is 0 Å². The third kappa shape index (κ3) is 13.4. The van der Waals surface area contributed by atoms with Gasteiger partial charge >= 0.3 is 18.5 Å². The van der Waals surface area contributed by atoms with Gasteiger partial charge < -0.3 is 47.9 Å². The molecular weight excluding hydrogens is 1220 g/mol. The molecule has 3 amide bonds. The molecule has 0 aliphatic carbocycles. The van der Waals surface area contributed by atoms with E-state index in [4.69, 9.17) is 14.2 Å². The van der Waals surface area contributed by atoms with Gasteiger partial charge in [-0.1, -0.05) is 0 Å². The number of fused-ring (bicyclic) bond motifs is 6. The maximum Gasteiger partial charge on any atom is 0.431 e. The highest BCUT2D eigenvalue weighted by Crippen LogP contribution is 2.47. The number of hydrogen-bond acceptors (Lipinski definition) is 9. The van der Waals surface area contributed by atoms with E-state index in [2.05, 4.69) is 15.1 Å². The number of halogens is 10. The summed E-state index contributed by atoms with van der Waals surface area (Å²) in [7, 11) is 5.45. The minimum absolute atomic E-state index is 0. The molecule has 0 bridgehead atoms. The summed E-state index contributed by atoms with van der Waals surface area (Å²) in [6, 6.07) is 24.9. The van der Waals surface area contributed by atoms with Gasteiger partial charge in [0.25, 0.3) is 17.7 Å². The van der Waals surface area contributed by atoms with Crippen molar-refractivity contribution in [3.63, 3.8) is 0 Å². The second-order valence-electron chi connectivity index (χ2n) is 25.2. The maximum atomic E-state index is 14.6. The van der Waals surface area contributed by atoms with Crippen LogP contribution in [-0.2, 0) is 54.8 Å². The summed E-state index contributed by atoms with van der Waals surface area (Å²) in [4.78, 5) is 48.3. The molecule has 15 nitrogen and oxygen atoms in total. The highest BCUT2D eigenvalue weighted by molar-refractivity contribution is 5.96. The molecule has 0 saturated carbocycles. The third-order valence-corrected chi connectivity index (χ3v) is 19.2. The Morgan fingerprint density at radius 3 is 1.36 bits per heavy atom. The van der Waals surface area contributed by atoms with Gasteiger partial charge in [-0.25, -0.2) is 4.39 Å². The Balaban J connectivity index is 0.000000164. The summed E-state index contributed by atoms with van der Waals surface area (Å²) in [5.74, 6) is 0.617. The molecule has 500 valence electrons. The van der Waals surface area contributed by atoms with Crippen molar-refractivity contribution >= 4 is 17.7 Å². The second kappa shape index (κ2) is 26.1. The number of benzene rings is 3. The van der Waals surface area contributed by atoms with Gasteiger partial charge in [-0.3, -0.25) is 24.2 Å². The lowest BCUT2D eigenvalue weighted by Crippen LogP contribution is -2.56. The number of ether oxygens (including phenoxy) is 3. The summed E-state index contributed by atoms with van der Waals surface area (Å²) in [6.45, 7) is 14.6. The number of nitrogens with zero attached hydrogens (tertiary/aromatic N) is 8. The van der Waals surface area contributed by atoms with Crippen molar-refractivity contribution in [3.8, 4) is 17.2 Å². The molecule has 3 aromatic carbocycles. The molecule has 6 aromatic rings.